The van der Waals surface area contributed by atoms with E-state index in [1.165, 1.54) is 6.20 Å². The topological polar surface area (TPSA) is 74.6 Å². The van der Waals surface area contributed by atoms with Crippen LogP contribution >= 0.6 is 0 Å². The van der Waals surface area contributed by atoms with Gasteiger partial charge in [0.2, 0.25) is 5.43 Å². The average molecular weight is 401 g/mol. The first-order valence-corrected chi connectivity index (χ1v) is 10.4. The molecule has 1 aromatic heterocycles. The summed E-state index contributed by atoms with van der Waals surface area (Å²) in [6, 6.07) is 2.29. The van der Waals surface area contributed by atoms with Crippen molar-refractivity contribution in [2.24, 2.45) is 5.92 Å². The van der Waals surface area contributed by atoms with Crippen molar-refractivity contribution >= 4 is 22.6 Å². The second-order valence-electron chi connectivity index (χ2n) is 8.39. The summed E-state index contributed by atoms with van der Waals surface area (Å²) in [5, 5.41) is 13.1. The Morgan fingerprint density at radius 1 is 1.38 bits per heavy atom. The Hall–Kier alpha value is -2.41. The van der Waals surface area contributed by atoms with Gasteiger partial charge in [0.05, 0.1) is 16.6 Å². The van der Waals surface area contributed by atoms with Crippen molar-refractivity contribution in [2.75, 3.05) is 24.5 Å². The molecule has 0 spiro atoms. The molecule has 2 heterocycles. The largest absolute Gasteiger partial charge is 0.477 e. The zero-order valence-corrected chi connectivity index (χ0v) is 17.2. The highest BCUT2D eigenvalue weighted by Gasteiger charge is 2.32. The Morgan fingerprint density at radius 3 is 2.72 bits per heavy atom. The van der Waals surface area contributed by atoms with Crippen LogP contribution in [-0.4, -0.2) is 41.3 Å². The van der Waals surface area contributed by atoms with Crippen LogP contribution in [0.1, 0.15) is 55.1 Å². The van der Waals surface area contributed by atoms with Crippen molar-refractivity contribution in [3.05, 3.63) is 39.4 Å². The Kier molecular flexibility index (Phi) is 5.11. The number of rotatable bonds is 6. The minimum atomic E-state index is -1.27. The lowest BCUT2D eigenvalue weighted by Crippen LogP contribution is -2.35. The molecule has 1 aromatic carbocycles. The lowest BCUT2D eigenvalue weighted by Gasteiger charge is -2.24. The third-order valence-electron chi connectivity index (χ3n) is 6.45. The summed E-state index contributed by atoms with van der Waals surface area (Å²) < 4.78 is 17.2. The number of hydrogen-bond donors (Lipinski definition) is 2. The summed E-state index contributed by atoms with van der Waals surface area (Å²) in [5.41, 5.74) is 0.494. The van der Waals surface area contributed by atoms with Gasteiger partial charge in [-0.05, 0) is 51.6 Å². The smallest absolute Gasteiger partial charge is 0.341 e. The summed E-state index contributed by atoms with van der Waals surface area (Å²) >= 11 is 0. The molecular weight excluding hydrogens is 373 g/mol. The summed E-state index contributed by atoms with van der Waals surface area (Å²) in [4.78, 5) is 26.4. The predicted molar refractivity (Wildman–Crippen MR) is 112 cm³/mol. The van der Waals surface area contributed by atoms with Crippen LogP contribution in [0.25, 0.3) is 10.9 Å². The maximum atomic E-state index is 15.4. The van der Waals surface area contributed by atoms with Gasteiger partial charge >= 0.3 is 5.97 Å². The molecule has 156 valence electrons. The van der Waals surface area contributed by atoms with Crippen LogP contribution in [0.4, 0.5) is 10.1 Å². The molecule has 1 saturated carbocycles. The Bertz CT molecular complexity index is 1030. The van der Waals surface area contributed by atoms with E-state index in [0.717, 1.165) is 38.9 Å². The molecular formula is C22H28FN3O3. The monoisotopic (exact) mass is 401 g/mol. The highest BCUT2D eigenvalue weighted by molar-refractivity contribution is 5.95. The Morgan fingerprint density at radius 2 is 2.10 bits per heavy atom. The Labute approximate surface area is 169 Å². The molecule has 4 rings (SSSR count). The number of hydrogen-bond acceptors (Lipinski definition) is 4. The van der Waals surface area contributed by atoms with Crippen LogP contribution in [0, 0.1) is 18.7 Å². The number of carboxylic acid groups (broad SMARTS) is 1. The molecule has 2 atom stereocenters. The number of aromatic nitrogens is 1. The molecule has 6 nitrogen and oxygen atoms in total. The van der Waals surface area contributed by atoms with E-state index in [4.69, 9.17) is 0 Å². The molecule has 0 amide bonds. The number of pyridine rings is 1. The third-order valence-corrected chi connectivity index (χ3v) is 6.45. The van der Waals surface area contributed by atoms with Gasteiger partial charge in [0.1, 0.15) is 11.4 Å². The van der Waals surface area contributed by atoms with Gasteiger partial charge in [-0.15, -0.1) is 0 Å². The molecule has 7 heteroatoms. The molecule has 1 aliphatic heterocycles. The number of benzene rings is 1. The maximum Gasteiger partial charge on any atom is 0.341 e. The van der Waals surface area contributed by atoms with Crippen LogP contribution in [0.3, 0.4) is 0 Å². The number of anilines is 1. The van der Waals surface area contributed by atoms with E-state index in [0.29, 0.717) is 23.2 Å². The molecule has 2 aromatic rings. The van der Waals surface area contributed by atoms with Crippen LogP contribution < -0.4 is 15.6 Å². The minimum Gasteiger partial charge on any atom is -0.477 e. The Balaban J connectivity index is 1.83. The first-order chi connectivity index (χ1) is 13.8. The highest BCUT2D eigenvalue weighted by Crippen LogP contribution is 2.39. The number of fused-ring (bicyclic) bond motifs is 1. The van der Waals surface area contributed by atoms with E-state index in [1.54, 1.807) is 13.0 Å². The van der Waals surface area contributed by atoms with Gasteiger partial charge in [-0.1, -0.05) is 6.92 Å². The van der Waals surface area contributed by atoms with Gasteiger partial charge in [0.25, 0.3) is 0 Å². The predicted octanol–water partition coefficient (Wildman–Crippen LogP) is 3.31. The molecule has 0 unspecified atom stereocenters. The standard InChI is InChI=1S/C22H28FN3O3/c1-4-24-13(3)14-7-8-25(10-14)18-9-17-19(12(2)20(18)23)21(27)16(22(28)29)11-26(17)15-5-6-15/h9,11,13-15,24H,4-8,10H2,1-3H3,(H,28,29)/t13-,14+/m0/s1. The van der Waals surface area contributed by atoms with Crippen molar-refractivity contribution in [1.29, 1.82) is 0 Å². The van der Waals surface area contributed by atoms with Crippen LogP contribution in [0.15, 0.2) is 17.1 Å². The second kappa shape index (κ2) is 7.44. The molecule has 0 radical (unpaired) electrons. The van der Waals surface area contributed by atoms with Gasteiger partial charge in [-0.25, -0.2) is 9.18 Å². The number of halogens is 1. The van der Waals surface area contributed by atoms with Crippen molar-refractivity contribution in [3.8, 4) is 0 Å². The fourth-order valence-electron chi connectivity index (χ4n) is 4.59. The summed E-state index contributed by atoms with van der Waals surface area (Å²) in [5.74, 6) is -1.25. The fraction of sp³-hybridized carbons (Fsp3) is 0.545. The van der Waals surface area contributed by atoms with Crippen molar-refractivity contribution < 1.29 is 14.3 Å². The van der Waals surface area contributed by atoms with Gasteiger partial charge in [-0.2, -0.15) is 0 Å². The van der Waals surface area contributed by atoms with Gasteiger partial charge < -0.3 is 19.9 Å². The van der Waals surface area contributed by atoms with Gasteiger partial charge in [0, 0.05) is 36.9 Å². The molecule has 1 aliphatic carbocycles. The first kappa shape index (κ1) is 19.9. The number of nitrogens with zero attached hydrogens (tertiary/aromatic N) is 2. The number of carbonyl (C=O) groups is 1. The van der Waals surface area contributed by atoms with E-state index in [9.17, 15) is 14.7 Å². The van der Waals surface area contributed by atoms with Crippen LogP contribution in [0.5, 0.6) is 0 Å². The number of nitrogens with one attached hydrogen (secondary N) is 1. The van der Waals surface area contributed by atoms with E-state index in [2.05, 4.69) is 24.1 Å². The lowest BCUT2D eigenvalue weighted by atomic mass is 10.0. The molecule has 1 saturated heterocycles. The first-order valence-electron chi connectivity index (χ1n) is 10.4. The van der Waals surface area contributed by atoms with Crippen molar-refractivity contribution in [3.63, 3.8) is 0 Å². The summed E-state index contributed by atoms with van der Waals surface area (Å²) in [6.07, 6.45) is 4.30. The molecule has 2 fully saturated rings. The van der Waals surface area contributed by atoms with Crippen LogP contribution in [0.2, 0.25) is 0 Å². The number of carboxylic acids is 1. The van der Waals surface area contributed by atoms with Gasteiger partial charge in [-0.3, -0.25) is 4.79 Å². The molecule has 29 heavy (non-hydrogen) atoms. The van der Waals surface area contributed by atoms with Crippen LogP contribution in [-0.2, 0) is 0 Å². The highest BCUT2D eigenvalue weighted by atomic mass is 19.1. The minimum absolute atomic E-state index is 0.175. The SMILES string of the molecule is CCN[C@@H](C)[C@@H]1CCN(c2cc3c(c(C)c2F)c(=O)c(C(=O)O)cn3C2CC2)C1. The van der Waals surface area contributed by atoms with E-state index in [1.807, 2.05) is 4.57 Å². The second-order valence-corrected chi connectivity index (χ2v) is 8.39. The third kappa shape index (κ3) is 3.41. The summed E-state index contributed by atoms with van der Waals surface area (Å²) in [6.45, 7) is 8.26. The maximum absolute atomic E-state index is 15.4. The lowest BCUT2D eigenvalue weighted by molar-refractivity contribution is 0.0695. The van der Waals surface area contributed by atoms with Crippen molar-refractivity contribution in [1.82, 2.24) is 9.88 Å². The molecule has 0 bridgehead atoms. The number of aryl methyl sites for hydroxylation is 1. The van der Waals surface area contributed by atoms with Crippen molar-refractivity contribution in [2.45, 2.75) is 52.1 Å². The normalized spacial score (nSPS) is 20.4. The van der Waals surface area contributed by atoms with Gasteiger partial charge in [0.15, 0.2) is 0 Å². The zero-order valence-electron chi connectivity index (χ0n) is 17.2. The zero-order chi connectivity index (χ0) is 20.9. The quantitative estimate of drug-likeness (QED) is 0.777. The van der Waals surface area contributed by atoms with E-state index < -0.39 is 17.2 Å². The fourth-order valence-corrected chi connectivity index (χ4v) is 4.59. The molecule has 2 aliphatic rings. The molecule has 2 N–H and O–H groups in total. The summed E-state index contributed by atoms with van der Waals surface area (Å²) in [7, 11) is 0. The van der Waals surface area contributed by atoms with E-state index in [-0.39, 0.29) is 22.6 Å². The van der Waals surface area contributed by atoms with E-state index >= 15 is 4.39 Å². The number of aromatic carboxylic acids is 1. The average Bonchev–Trinajstić information content (AvgIpc) is 3.40.